The van der Waals surface area contributed by atoms with Gasteiger partial charge >= 0.3 is 0 Å². The van der Waals surface area contributed by atoms with Gasteiger partial charge in [-0.3, -0.25) is 0 Å². The van der Waals surface area contributed by atoms with Gasteiger partial charge < -0.3 is 8.83 Å². The van der Waals surface area contributed by atoms with Gasteiger partial charge in [0, 0.05) is 10.7 Å². The molecule has 104 valence electrons. The SMILES string of the molecule is CC(C)(C)[Si](C)(C)OCc1cnc2ccc(Br)cn12. The molecule has 0 N–H and O–H groups in total. The van der Waals surface area contributed by atoms with E-state index in [9.17, 15) is 0 Å². The summed E-state index contributed by atoms with van der Waals surface area (Å²) < 4.78 is 9.38. The number of rotatable bonds is 3. The highest BCUT2D eigenvalue weighted by molar-refractivity contribution is 9.10. The van der Waals surface area contributed by atoms with E-state index < -0.39 is 8.32 Å². The lowest BCUT2D eigenvalue weighted by Crippen LogP contribution is -2.40. The van der Waals surface area contributed by atoms with Crippen LogP contribution in [0.25, 0.3) is 5.65 Å². The molecule has 3 nitrogen and oxygen atoms in total. The van der Waals surface area contributed by atoms with Crippen LogP contribution in [0.5, 0.6) is 0 Å². The minimum Gasteiger partial charge on any atom is -0.411 e. The van der Waals surface area contributed by atoms with E-state index >= 15 is 0 Å². The molecule has 0 unspecified atom stereocenters. The number of halogens is 1. The van der Waals surface area contributed by atoms with Crippen LogP contribution in [0.2, 0.25) is 18.1 Å². The van der Waals surface area contributed by atoms with E-state index in [4.69, 9.17) is 4.43 Å². The Morgan fingerprint density at radius 3 is 2.63 bits per heavy atom. The van der Waals surface area contributed by atoms with Crippen molar-refractivity contribution in [2.24, 2.45) is 0 Å². The molecule has 0 bridgehead atoms. The number of pyridine rings is 1. The van der Waals surface area contributed by atoms with Gasteiger partial charge in [0.05, 0.1) is 18.5 Å². The van der Waals surface area contributed by atoms with Crippen LogP contribution in [0.3, 0.4) is 0 Å². The highest BCUT2D eigenvalue weighted by atomic mass is 79.9. The summed E-state index contributed by atoms with van der Waals surface area (Å²) in [6.45, 7) is 11.9. The molecule has 2 heterocycles. The largest absolute Gasteiger partial charge is 0.411 e. The molecule has 0 aromatic carbocycles. The van der Waals surface area contributed by atoms with Crippen LogP contribution in [0, 0.1) is 0 Å². The summed E-state index contributed by atoms with van der Waals surface area (Å²) in [5.41, 5.74) is 2.05. The second-order valence-electron chi connectivity index (χ2n) is 6.37. The Kier molecular flexibility index (Phi) is 3.91. The van der Waals surface area contributed by atoms with Gasteiger partial charge in [-0.1, -0.05) is 20.8 Å². The molecule has 0 aliphatic heterocycles. The van der Waals surface area contributed by atoms with Gasteiger partial charge in [-0.15, -0.1) is 0 Å². The van der Waals surface area contributed by atoms with Crippen molar-refractivity contribution in [1.82, 2.24) is 9.38 Å². The van der Waals surface area contributed by atoms with Gasteiger partial charge in [-0.2, -0.15) is 0 Å². The van der Waals surface area contributed by atoms with E-state index in [-0.39, 0.29) is 5.04 Å². The van der Waals surface area contributed by atoms with Crippen LogP contribution >= 0.6 is 15.9 Å². The Hall–Kier alpha value is -0.653. The molecule has 0 aliphatic rings. The quantitative estimate of drug-likeness (QED) is 0.762. The summed E-state index contributed by atoms with van der Waals surface area (Å²) in [6, 6.07) is 4.00. The second-order valence-corrected chi connectivity index (χ2v) is 12.1. The maximum atomic E-state index is 6.25. The number of aromatic nitrogens is 2. The molecule has 0 amide bonds. The molecule has 0 fully saturated rings. The highest BCUT2D eigenvalue weighted by Crippen LogP contribution is 2.37. The zero-order valence-corrected chi connectivity index (χ0v) is 14.8. The summed E-state index contributed by atoms with van der Waals surface area (Å²) in [5, 5.41) is 0.230. The Morgan fingerprint density at radius 2 is 2.00 bits per heavy atom. The molecular weight excluding hydrogens is 320 g/mol. The van der Waals surface area contributed by atoms with E-state index in [1.807, 2.05) is 24.5 Å². The molecular formula is C14H21BrN2OSi. The number of hydrogen-bond acceptors (Lipinski definition) is 2. The zero-order chi connectivity index (χ0) is 14.3. The first kappa shape index (κ1) is 14.7. The van der Waals surface area contributed by atoms with Crippen LogP contribution in [-0.4, -0.2) is 17.7 Å². The van der Waals surface area contributed by atoms with E-state index in [0.29, 0.717) is 6.61 Å². The lowest BCUT2D eigenvalue weighted by atomic mass is 10.2. The second kappa shape index (κ2) is 5.03. The van der Waals surface area contributed by atoms with Gasteiger partial charge in [0.2, 0.25) is 0 Å². The van der Waals surface area contributed by atoms with E-state index in [2.05, 4.69) is 59.2 Å². The van der Waals surface area contributed by atoms with Gasteiger partial charge in [-0.05, 0) is 46.2 Å². The Morgan fingerprint density at radius 1 is 1.32 bits per heavy atom. The summed E-state index contributed by atoms with van der Waals surface area (Å²) in [5.74, 6) is 0. The third kappa shape index (κ3) is 3.09. The first-order chi connectivity index (χ1) is 8.71. The van der Waals surface area contributed by atoms with Crippen LogP contribution in [0.15, 0.2) is 29.0 Å². The van der Waals surface area contributed by atoms with Crippen molar-refractivity contribution < 1.29 is 4.43 Å². The third-order valence-electron chi connectivity index (χ3n) is 3.93. The predicted octanol–water partition coefficient (Wildman–Crippen LogP) is 4.62. The van der Waals surface area contributed by atoms with Crippen molar-refractivity contribution in [3.05, 3.63) is 34.7 Å². The fourth-order valence-electron chi connectivity index (χ4n) is 1.58. The summed E-state index contributed by atoms with van der Waals surface area (Å²) in [4.78, 5) is 4.40. The van der Waals surface area contributed by atoms with Crippen molar-refractivity contribution in [2.45, 2.75) is 45.5 Å². The minimum atomic E-state index is -1.71. The van der Waals surface area contributed by atoms with Gasteiger partial charge in [0.25, 0.3) is 0 Å². The Labute approximate surface area is 124 Å². The normalized spacial score (nSPS) is 13.2. The number of imidazole rings is 1. The van der Waals surface area contributed by atoms with Crippen LogP contribution < -0.4 is 0 Å². The van der Waals surface area contributed by atoms with Crippen LogP contribution in [0.4, 0.5) is 0 Å². The number of nitrogens with zero attached hydrogens (tertiary/aromatic N) is 2. The molecule has 0 aliphatic carbocycles. The highest BCUT2D eigenvalue weighted by Gasteiger charge is 2.37. The molecule has 19 heavy (non-hydrogen) atoms. The smallest absolute Gasteiger partial charge is 0.192 e. The van der Waals surface area contributed by atoms with E-state index in [1.54, 1.807) is 0 Å². The molecule has 0 radical (unpaired) electrons. The van der Waals surface area contributed by atoms with Crippen LogP contribution in [-0.2, 0) is 11.0 Å². The summed E-state index contributed by atoms with van der Waals surface area (Å²) in [7, 11) is -1.71. The van der Waals surface area contributed by atoms with Crippen molar-refractivity contribution in [3.63, 3.8) is 0 Å². The van der Waals surface area contributed by atoms with Crippen LogP contribution in [0.1, 0.15) is 26.5 Å². The maximum absolute atomic E-state index is 6.25. The first-order valence-electron chi connectivity index (χ1n) is 6.46. The Bertz CT molecular complexity index is 587. The topological polar surface area (TPSA) is 26.5 Å². The molecule has 2 aromatic heterocycles. The van der Waals surface area contributed by atoms with Gasteiger partial charge in [0.15, 0.2) is 8.32 Å². The average Bonchev–Trinajstić information content (AvgIpc) is 2.67. The average molecular weight is 341 g/mol. The fourth-order valence-corrected chi connectivity index (χ4v) is 2.86. The minimum absolute atomic E-state index is 0.230. The fraction of sp³-hybridized carbons (Fsp3) is 0.500. The lowest BCUT2D eigenvalue weighted by molar-refractivity contribution is 0.271. The van der Waals surface area contributed by atoms with Crippen molar-refractivity contribution in [1.29, 1.82) is 0 Å². The maximum Gasteiger partial charge on any atom is 0.192 e. The Balaban J connectivity index is 2.21. The van der Waals surface area contributed by atoms with Crippen molar-refractivity contribution in [2.75, 3.05) is 0 Å². The summed E-state index contributed by atoms with van der Waals surface area (Å²) >= 11 is 3.49. The molecule has 0 saturated heterocycles. The molecule has 0 spiro atoms. The molecule has 2 aromatic rings. The number of fused-ring (bicyclic) bond motifs is 1. The van der Waals surface area contributed by atoms with Gasteiger partial charge in [0.1, 0.15) is 5.65 Å². The monoisotopic (exact) mass is 340 g/mol. The molecule has 0 atom stereocenters. The third-order valence-corrected chi connectivity index (χ3v) is 8.88. The van der Waals surface area contributed by atoms with Crippen molar-refractivity contribution in [3.8, 4) is 0 Å². The van der Waals surface area contributed by atoms with Gasteiger partial charge in [-0.25, -0.2) is 4.98 Å². The van der Waals surface area contributed by atoms with E-state index in [0.717, 1.165) is 15.8 Å². The first-order valence-corrected chi connectivity index (χ1v) is 10.2. The standard InChI is InChI=1S/C14H21BrN2OSi/c1-14(2,3)19(4,5)18-10-12-8-16-13-7-6-11(15)9-17(12)13/h6-9H,10H2,1-5H3. The lowest BCUT2D eigenvalue weighted by Gasteiger charge is -2.36. The van der Waals surface area contributed by atoms with E-state index in [1.165, 1.54) is 0 Å². The zero-order valence-electron chi connectivity index (χ0n) is 12.2. The number of hydrogen-bond donors (Lipinski definition) is 0. The molecule has 2 rings (SSSR count). The summed E-state index contributed by atoms with van der Waals surface area (Å²) in [6.07, 6.45) is 3.93. The predicted molar refractivity (Wildman–Crippen MR) is 84.9 cm³/mol. The molecule has 0 saturated carbocycles. The van der Waals surface area contributed by atoms with Crippen molar-refractivity contribution >= 4 is 29.9 Å². The molecule has 5 heteroatoms.